The second-order valence-electron chi connectivity index (χ2n) is 7.32. The number of aromatic amines is 1. The van der Waals surface area contributed by atoms with Crippen molar-refractivity contribution in [2.24, 2.45) is 0 Å². The number of hydrogen-bond acceptors (Lipinski definition) is 4. The third kappa shape index (κ3) is 3.54. The van der Waals surface area contributed by atoms with Crippen molar-refractivity contribution in [3.8, 4) is 0 Å². The number of carbonyl (C=O) groups excluding carboxylic acids is 1. The van der Waals surface area contributed by atoms with Crippen molar-refractivity contribution >= 4 is 28.1 Å². The van der Waals surface area contributed by atoms with Crippen LogP contribution in [0.15, 0.2) is 35.1 Å². The van der Waals surface area contributed by atoms with Gasteiger partial charge in [-0.25, -0.2) is 4.98 Å². The summed E-state index contributed by atoms with van der Waals surface area (Å²) in [5.41, 5.74) is 1.81. The van der Waals surface area contributed by atoms with E-state index >= 15 is 0 Å². The standard InChI is InChI=1S/C21H23N3O2S/c1-13(2)24(21(26)18-11-14-7-3-6-10-17(14)27-18)12-19-22-16-9-5-4-8-15(16)20(25)23-19/h4-5,8-9,11,13H,3,6-7,10,12H2,1-2H3,(H,22,23,25). The molecule has 0 unspecified atom stereocenters. The number of amides is 1. The molecular weight excluding hydrogens is 358 g/mol. The molecular formula is C21H23N3O2S. The minimum Gasteiger partial charge on any atom is -0.328 e. The van der Waals surface area contributed by atoms with Gasteiger partial charge in [0.05, 0.1) is 22.3 Å². The molecule has 1 aromatic carbocycles. The molecule has 27 heavy (non-hydrogen) atoms. The summed E-state index contributed by atoms with van der Waals surface area (Å²) in [7, 11) is 0. The topological polar surface area (TPSA) is 66.1 Å². The van der Waals surface area contributed by atoms with Crippen LogP contribution in [0.2, 0.25) is 0 Å². The molecule has 0 saturated carbocycles. The number of thiophene rings is 1. The van der Waals surface area contributed by atoms with Crippen LogP contribution in [0.1, 0.15) is 52.6 Å². The molecule has 4 rings (SSSR count). The second kappa shape index (κ2) is 7.27. The number of aryl methyl sites for hydroxylation is 2. The van der Waals surface area contributed by atoms with E-state index in [0.29, 0.717) is 23.3 Å². The molecule has 140 valence electrons. The molecule has 1 aliphatic carbocycles. The van der Waals surface area contributed by atoms with Crippen LogP contribution in [0.25, 0.3) is 10.9 Å². The summed E-state index contributed by atoms with van der Waals surface area (Å²) < 4.78 is 0. The number of carbonyl (C=O) groups is 1. The largest absolute Gasteiger partial charge is 0.328 e. The quantitative estimate of drug-likeness (QED) is 0.745. The lowest BCUT2D eigenvalue weighted by Gasteiger charge is -2.25. The summed E-state index contributed by atoms with van der Waals surface area (Å²) in [4.78, 5) is 36.8. The molecule has 2 aromatic heterocycles. The van der Waals surface area contributed by atoms with Gasteiger partial charge >= 0.3 is 0 Å². The highest BCUT2D eigenvalue weighted by atomic mass is 32.1. The number of aromatic nitrogens is 2. The summed E-state index contributed by atoms with van der Waals surface area (Å²) in [6.45, 7) is 4.27. The van der Waals surface area contributed by atoms with E-state index < -0.39 is 0 Å². The zero-order chi connectivity index (χ0) is 19.0. The molecule has 1 N–H and O–H groups in total. The minimum atomic E-state index is -0.168. The lowest BCUT2D eigenvalue weighted by atomic mass is 9.99. The van der Waals surface area contributed by atoms with Crippen LogP contribution in [0.5, 0.6) is 0 Å². The minimum absolute atomic E-state index is 0.00778. The molecule has 5 nitrogen and oxygen atoms in total. The van der Waals surface area contributed by atoms with E-state index in [-0.39, 0.29) is 17.5 Å². The number of fused-ring (bicyclic) bond motifs is 2. The van der Waals surface area contributed by atoms with Crippen LogP contribution < -0.4 is 5.56 Å². The van der Waals surface area contributed by atoms with E-state index in [9.17, 15) is 9.59 Å². The van der Waals surface area contributed by atoms with Crippen LogP contribution in [-0.4, -0.2) is 26.8 Å². The average Bonchev–Trinajstić information content (AvgIpc) is 3.10. The maximum absolute atomic E-state index is 13.2. The summed E-state index contributed by atoms with van der Waals surface area (Å²) in [5, 5.41) is 0.564. The van der Waals surface area contributed by atoms with E-state index in [2.05, 4.69) is 16.0 Å². The molecule has 3 aromatic rings. The average molecular weight is 382 g/mol. The van der Waals surface area contributed by atoms with Gasteiger partial charge in [-0.05, 0) is 63.3 Å². The number of benzene rings is 1. The van der Waals surface area contributed by atoms with Crippen LogP contribution >= 0.6 is 11.3 Å². The summed E-state index contributed by atoms with van der Waals surface area (Å²) in [6.07, 6.45) is 4.56. The van der Waals surface area contributed by atoms with Gasteiger partial charge < -0.3 is 9.88 Å². The number of nitrogens with one attached hydrogen (secondary N) is 1. The fraction of sp³-hybridized carbons (Fsp3) is 0.381. The Bertz CT molecular complexity index is 1030. The van der Waals surface area contributed by atoms with Gasteiger partial charge in [0.1, 0.15) is 5.82 Å². The smallest absolute Gasteiger partial charge is 0.264 e. The first-order chi connectivity index (χ1) is 13.0. The van der Waals surface area contributed by atoms with Crippen LogP contribution in [-0.2, 0) is 19.4 Å². The van der Waals surface area contributed by atoms with Crippen molar-refractivity contribution in [3.63, 3.8) is 0 Å². The van der Waals surface area contributed by atoms with Gasteiger partial charge in [-0.15, -0.1) is 11.3 Å². The summed E-state index contributed by atoms with van der Waals surface area (Å²) in [5.74, 6) is 0.530. The highest BCUT2D eigenvalue weighted by molar-refractivity contribution is 7.14. The molecule has 0 radical (unpaired) electrons. The van der Waals surface area contributed by atoms with Gasteiger partial charge in [0.15, 0.2) is 0 Å². The maximum atomic E-state index is 13.2. The van der Waals surface area contributed by atoms with Crippen molar-refractivity contribution in [1.29, 1.82) is 0 Å². The highest BCUT2D eigenvalue weighted by Gasteiger charge is 2.24. The van der Waals surface area contributed by atoms with E-state index in [1.54, 1.807) is 22.3 Å². The van der Waals surface area contributed by atoms with Crippen LogP contribution in [0.4, 0.5) is 0 Å². The van der Waals surface area contributed by atoms with Crippen LogP contribution in [0.3, 0.4) is 0 Å². The Morgan fingerprint density at radius 3 is 2.81 bits per heavy atom. The fourth-order valence-corrected chi connectivity index (χ4v) is 4.81. The predicted octanol–water partition coefficient (Wildman–Crippen LogP) is 3.91. The van der Waals surface area contributed by atoms with Gasteiger partial charge in [0.25, 0.3) is 11.5 Å². The Morgan fingerprint density at radius 2 is 2.04 bits per heavy atom. The van der Waals surface area contributed by atoms with E-state index in [1.807, 2.05) is 32.0 Å². The molecule has 0 bridgehead atoms. The number of rotatable bonds is 4. The molecule has 0 aliphatic heterocycles. The Labute approximate surface area is 162 Å². The van der Waals surface area contributed by atoms with Gasteiger partial charge in [-0.3, -0.25) is 9.59 Å². The number of para-hydroxylation sites is 1. The van der Waals surface area contributed by atoms with Gasteiger partial charge in [-0.2, -0.15) is 0 Å². The SMILES string of the molecule is CC(C)N(Cc1nc2ccccc2c(=O)[nH]1)C(=O)c1cc2c(s1)CCCC2. The van der Waals surface area contributed by atoms with Crippen molar-refractivity contribution in [2.45, 2.75) is 52.1 Å². The molecule has 0 saturated heterocycles. The molecule has 1 aliphatic rings. The predicted molar refractivity (Wildman–Crippen MR) is 108 cm³/mol. The Balaban J connectivity index is 1.64. The lowest BCUT2D eigenvalue weighted by molar-refractivity contribution is 0.0690. The molecule has 0 atom stereocenters. The molecule has 1 amide bonds. The maximum Gasteiger partial charge on any atom is 0.264 e. The van der Waals surface area contributed by atoms with E-state index in [1.165, 1.54) is 23.3 Å². The lowest BCUT2D eigenvalue weighted by Crippen LogP contribution is -2.37. The van der Waals surface area contributed by atoms with Crippen molar-refractivity contribution in [2.75, 3.05) is 0 Å². The number of hydrogen-bond donors (Lipinski definition) is 1. The van der Waals surface area contributed by atoms with Crippen molar-refractivity contribution in [1.82, 2.24) is 14.9 Å². The molecule has 6 heteroatoms. The highest BCUT2D eigenvalue weighted by Crippen LogP contribution is 2.30. The fourth-order valence-electron chi connectivity index (χ4n) is 3.60. The van der Waals surface area contributed by atoms with Crippen LogP contribution in [0, 0.1) is 0 Å². The first kappa shape index (κ1) is 17.9. The van der Waals surface area contributed by atoms with Crippen molar-refractivity contribution < 1.29 is 4.79 Å². The Morgan fingerprint density at radius 1 is 1.26 bits per heavy atom. The number of nitrogens with zero attached hydrogens (tertiary/aromatic N) is 2. The Kier molecular flexibility index (Phi) is 4.83. The zero-order valence-electron chi connectivity index (χ0n) is 15.6. The summed E-state index contributed by atoms with van der Waals surface area (Å²) in [6, 6.07) is 9.33. The zero-order valence-corrected chi connectivity index (χ0v) is 16.4. The van der Waals surface area contributed by atoms with E-state index in [4.69, 9.17) is 0 Å². The number of H-pyrrole nitrogens is 1. The Hall–Kier alpha value is -2.47. The molecule has 0 spiro atoms. The van der Waals surface area contributed by atoms with Gasteiger partial charge in [-0.1, -0.05) is 12.1 Å². The van der Waals surface area contributed by atoms with E-state index in [0.717, 1.165) is 17.7 Å². The summed E-state index contributed by atoms with van der Waals surface area (Å²) >= 11 is 1.62. The molecule has 2 heterocycles. The first-order valence-corrected chi connectivity index (χ1v) is 10.2. The van der Waals surface area contributed by atoms with Gasteiger partial charge in [0.2, 0.25) is 0 Å². The third-order valence-corrected chi connectivity index (χ3v) is 6.30. The van der Waals surface area contributed by atoms with Crippen molar-refractivity contribution in [3.05, 3.63) is 61.8 Å². The normalized spacial score (nSPS) is 13.7. The third-order valence-electron chi connectivity index (χ3n) is 5.07. The monoisotopic (exact) mass is 381 g/mol. The molecule has 0 fully saturated rings. The second-order valence-corrected chi connectivity index (χ2v) is 8.46. The first-order valence-electron chi connectivity index (χ1n) is 9.43. The van der Waals surface area contributed by atoms with Gasteiger partial charge in [0, 0.05) is 10.9 Å².